The van der Waals surface area contributed by atoms with E-state index >= 15 is 0 Å². The van der Waals surface area contributed by atoms with Crippen molar-refractivity contribution in [3.05, 3.63) is 102 Å². The van der Waals surface area contributed by atoms with E-state index in [9.17, 15) is 0 Å². The van der Waals surface area contributed by atoms with E-state index in [2.05, 4.69) is 69.9 Å². The number of rotatable bonds is 11. The van der Waals surface area contributed by atoms with Crippen molar-refractivity contribution in [3.8, 4) is 34.3 Å². The number of hydrogen-bond donors (Lipinski definition) is 0. The van der Waals surface area contributed by atoms with Crippen molar-refractivity contribution in [2.75, 3.05) is 20.1 Å². The van der Waals surface area contributed by atoms with Crippen LogP contribution in [0.25, 0.3) is 22.8 Å². The fraction of sp³-hybridized carbons (Fsp3) is 0.343. The lowest BCUT2D eigenvalue weighted by Crippen LogP contribution is -2.30. The lowest BCUT2D eigenvalue weighted by Gasteiger charge is -2.27. The molecule has 4 heterocycles. The fourth-order valence-corrected chi connectivity index (χ4v) is 6.12. The lowest BCUT2D eigenvalue weighted by molar-refractivity contribution is 0.0961. The monoisotopic (exact) mass is 591 g/mol. The Bertz CT molecular complexity index is 1650. The third kappa shape index (κ3) is 6.05. The summed E-state index contributed by atoms with van der Waals surface area (Å²) >= 11 is 0. The summed E-state index contributed by atoms with van der Waals surface area (Å²) in [6, 6.07) is 16.7. The maximum absolute atomic E-state index is 5.82. The Kier molecular flexibility index (Phi) is 8.28. The van der Waals surface area contributed by atoms with Gasteiger partial charge in [-0.15, -0.1) is 0 Å². The van der Waals surface area contributed by atoms with E-state index in [4.69, 9.17) is 28.9 Å². The van der Waals surface area contributed by atoms with Gasteiger partial charge in [0.1, 0.15) is 17.2 Å². The van der Waals surface area contributed by atoms with Crippen LogP contribution in [0.1, 0.15) is 43.9 Å². The Morgan fingerprint density at radius 2 is 1.80 bits per heavy atom. The van der Waals surface area contributed by atoms with Gasteiger partial charge in [-0.3, -0.25) is 14.9 Å². The molecule has 2 aliphatic heterocycles. The maximum Gasteiger partial charge on any atom is 0.231 e. The van der Waals surface area contributed by atoms with Crippen LogP contribution in [0.4, 0.5) is 0 Å². The zero-order valence-electron chi connectivity index (χ0n) is 25.0. The summed E-state index contributed by atoms with van der Waals surface area (Å²) in [5.41, 5.74) is 5.05. The number of fused-ring (bicyclic) bond motifs is 2. The zero-order valence-corrected chi connectivity index (χ0v) is 25.0. The van der Waals surface area contributed by atoms with E-state index in [-0.39, 0.29) is 19.5 Å². The molecule has 0 radical (unpaired) electrons. The van der Waals surface area contributed by atoms with Gasteiger partial charge in [0.05, 0.1) is 11.9 Å². The van der Waals surface area contributed by atoms with Gasteiger partial charge < -0.3 is 23.5 Å². The van der Waals surface area contributed by atoms with Gasteiger partial charge >= 0.3 is 0 Å². The molecule has 226 valence electrons. The van der Waals surface area contributed by atoms with E-state index in [0.717, 1.165) is 96.8 Å². The number of unbranched alkanes of at least 4 members (excludes halogenated alkanes) is 1. The third-order valence-corrected chi connectivity index (χ3v) is 8.28. The van der Waals surface area contributed by atoms with E-state index < -0.39 is 0 Å². The van der Waals surface area contributed by atoms with Crippen LogP contribution < -0.4 is 9.47 Å². The van der Waals surface area contributed by atoms with Gasteiger partial charge in [-0.2, -0.15) is 0 Å². The summed E-state index contributed by atoms with van der Waals surface area (Å²) in [4.78, 5) is 16.9. The van der Waals surface area contributed by atoms with Crippen LogP contribution in [0.2, 0.25) is 0 Å². The first-order valence-corrected chi connectivity index (χ1v) is 15.4. The van der Waals surface area contributed by atoms with E-state index in [0.29, 0.717) is 6.54 Å². The molecule has 0 spiro atoms. The smallest absolute Gasteiger partial charge is 0.231 e. The first kappa shape index (κ1) is 28.2. The Hall–Kier alpha value is -4.63. The molecule has 1 unspecified atom stereocenters. The second kappa shape index (κ2) is 12.9. The average molecular weight is 592 g/mol. The van der Waals surface area contributed by atoms with Gasteiger partial charge in [-0.25, -0.2) is 4.98 Å². The van der Waals surface area contributed by atoms with Crippen LogP contribution in [0.3, 0.4) is 0 Å². The highest BCUT2D eigenvalue weighted by atomic mass is 16.7. The van der Waals surface area contributed by atoms with Crippen LogP contribution >= 0.6 is 0 Å². The number of nitrogens with zero attached hydrogens (tertiary/aromatic N) is 5. The van der Waals surface area contributed by atoms with Crippen molar-refractivity contribution in [2.24, 2.45) is 5.92 Å². The van der Waals surface area contributed by atoms with Crippen molar-refractivity contribution < 1.29 is 18.9 Å². The second-order valence-corrected chi connectivity index (χ2v) is 11.4. The van der Waals surface area contributed by atoms with Crippen molar-refractivity contribution in [2.45, 2.75) is 52.2 Å². The molecule has 0 bridgehead atoms. The Morgan fingerprint density at radius 3 is 2.66 bits per heavy atom. The molecular formula is C35H37N5O4. The van der Waals surface area contributed by atoms with E-state index in [1.165, 1.54) is 5.56 Å². The van der Waals surface area contributed by atoms with Gasteiger partial charge in [0.15, 0.2) is 23.0 Å². The first-order chi connectivity index (χ1) is 21.7. The number of allylic oxidation sites excluding steroid dienone is 1. The standard InChI is InChI=1S/C35H37N5O4/c1-2-3-16-40-29(34(28-19-36-14-15-37-28)38-35(40)27-9-5-4-6-10-27)22-39(21-26-12-13-31-33(18-26)44-24-42-31)20-25-8-7-11-30-32(17-25)43-23-41-30/h4-6,9-15,17-19,25H,2-3,7-8,16,20-24H2,1H3. The predicted molar refractivity (Wildman–Crippen MR) is 166 cm³/mol. The molecule has 44 heavy (non-hydrogen) atoms. The highest BCUT2D eigenvalue weighted by Gasteiger charge is 2.27. The molecule has 9 nitrogen and oxygen atoms in total. The zero-order chi connectivity index (χ0) is 29.7. The van der Waals surface area contributed by atoms with Crippen LogP contribution in [0, 0.1) is 5.92 Å². The first-order valence-electron chi connectivity index (χ1n) is 15.4. The minimum atomic E-state index is 0.260. The van der Waals surface area contributed by atoms with E-state index in [1.807, 2.05) is 18.3 Å². The number of imidazole rings is 1. The molecular weight excluding hydrogens is 554 g/mol. The van der Waals surface area contributed by atoms with Gasteiger partial charge in [-0.05, 0) is 55.0 Å². The molecule has 1 saturated heterocycles. The van der Waals surface area contributed by atoms with Crippen molar-refractivity contribution in [1.82, 2.24) is 24.4 Å². The van der Waals surface area contributed by atoms with E-state index in [1.54, 1.807) is 12.4 Å². The quantitative estimate of drug-likeness (QED) is 0.190. The van der Waals surface area contributed by atoms with Gasteiger partial charge in [0, 0.05) is 44.1 Å². The minimum absolute atomic E-state index is 0.260. The topological polar surface area (TPSA) is 83.8 Å². The molecule has 1 atom stereocenters. The Morgan fingerprint density at radius 1 is 0.932 bits per heavy atom. The number of benzene rings is 2. The third-order valence-electron chi connectivity index (χ3n) is 8.28. The molecule has 2 aromatic carbocycles. The number of ether oxygens (including phenoxy) is 4. The average Bonchev–Trinajstić information content (AvgIpc) is 3.77. The largest absolute Gasteiger partial charge is 0.454 e. The molecule has 7 rings (SSSR count). The normalized spacial score (nSPS) is 17.0. The summed E-state index contributed by atoms with van der Waals surface area (Å²) < 4.78 is 25.2. The fourth-order valence-electron chi connectivity index (χ4n) is 6.12. The van der Waals surface area contributed by atoms with Crippen LogP contribution in [0.15, 0.2) is 90.8 Å². The summed E-state index contributed by atoms with van der Waals surface area (Å²) in [5, 5.41) is 0. The highest BCUT2D eigenvalue weighted by molar-refractivity contribution is 5.65. The molecule has 2 aromatic heterocycles. The highest BCUT2D eigenvalue weighted by Crippen LogP contribution is 2.35. The van der Waals surface area contributed by atoms with Crippen molar-refractivity contribution >= 4 is 0 Å². The molecule has 0 amide bonds. The molecule has 1 aliphatic carbocycles. The van der Waals surface area contributed by atoms with Crippen LogP contribution in [-0.4, -0.2) is 44.5 Å². The molecule has 0 N–H and O–H groups in total. The molecule has 9 heteroatoms. The van der Waals surface area contributed by atoms with Gasteiger partial charge in [0.2, 0.25) is 13.6 Å². The van der Waals surface area contributed by atoms with Crippen molar-refractivity contribution in [1.29, 1.82) is 0 Å². The SMILES string of the molecule is CCCCn1c(-c2ccccc2)nc(-c2cnccn2)c1CN(Cc1ccc2c(c1)OCO2)CC1C=C2OCOC2=CCC1. The van der Waals surface area contributed by atoms with Crippen molar-refractivity contribution in [3.63, 3.8) is 0 Å². The molecule has 4 aromatic rings. The van der Waals surface area contributed by atoms with Crippen LogP contribution in [-0.2, 0) is 29.1 Å². The van der Waals surface area contributed by atoms with Gasteiger partial charge in [-0.1, -0.05) is 49.7 Å². The predicted octanol–water partition coefficient (Wildman–Crippen LogP) is 6.72. The second-order valence-electron chi connectivity index (χ2n) is 11.4. The van der Waals surface area contributed by atoms with Gasteiger partial charge in [0.25, 0.3) is 0 Å². The molecule has 3 aliphatic rings. The number of hydrogen-bond acceptors (Lipinski definition) is 8. The molecule has 1 fully saturated rings. The Balaban J connectivity index is 1.29. The Labute approximate surface area is 257 Å². The number of aromatic nitrogens is 4. The maximum atomic E-state index is 5.82. The summed E-state index contributed by atoms with van der Waals surface area (Å²) in [6.45, 7) is 5.89. The molecule has 0 saturated carbocycles. The summed E-state index contributed by atoms with van der Waals surface area (Å²) in [5.74, 6) is 4.56. The van der Waals surface area contributed by atoms with Crippen LogP contribution in [0.5, 0.6) is 11.5 Å². The summed E-state index contributed by atoms with van der Waals surface area (Å²) in [6.07, 6.45) is 13.7. The lowest BCUT2D eigenvalue weighted by atomic mass is 10.0. The summed E-state index contributed by atoms with van der Waals surface area (Å²) in [7, 11) is 0. The minimum Gasteiger partial charge on any atom is -0.454 e.